The lowest BCUT2D eigenvalue weighted by Crippen LogP contribution is -2.50. The number of ether oxygens (including phenoxy) is 1. The number of anilines is 2. The molecule has 3 aromatic rings. The predicted molar refractivity (Wildman–Crippen MR) is 164 cm³/mol. The Kier molecular flexibility index (Phi) is 7.43. The molecule has 2 atom stereocenters. The number of nitrogens with zero attached hydrogens (tertiary/aromatic N) is 5. The molecule has 2 amide bonds. The van der Waals surface area contributed by atoms with Crippen molar-refractivity contribution >= 4 is 23.5 Å². The van der Waals surface area contributed by atoms with E-state index in [1.54, 1.807) is 42.3 Å². The van der Waals surface area contributed by atoms with Crippen molar-refractivity contribution in [2.24, 2.45) is 0 Å². The molecule has 46 heavy (non-hydrogen) atoms. The van der Waals surface area contributed by atoms with Gasteiger partial charge >= 0.3 is 6.18 Å². The van der Waals surface area contributed by atoms with Crippen molar-refractivity contribution in [3.8, 4) is 5.75 Å². The second kappa shape index (κ2) is 11.2. The van der Waals surface area contributed by atoms with E-state index in [-0.39, 0.29) is 41.5 Å². The Hall–Kier alpha value is -4.23. The number of hydrogen-bond acceptors (Lipinski definition) is 8. The lowest BCUT2D eigenvalue weighted by Gasteiger charge is -2.37. The fourth-order valence-corrected chi connectivity index (χ4v) is 7.29. The first kappa shape index (κ1) is 30.4. The van der Waals surface area contributed by atoms with Crippen LogP contribution in [0.4, 0.5) is 24.8 Å². The van der Waals surface area contributed by atoms with Gasteiger partial charge in [-0.05, 0) is 62.1 Å². The molecule has 2 N–H and O–H groups in total. The molecule has 1 aromatic heterocycles. The minimum atomic E-state index is -4.69. The van der Waals surface area contributed by atoms with Crippen LogP contribution in [0.3, 0.4) is 0 Å². The summed E-state index contributed by atoms with van der Waals surface area (Å²) in [6, 6.07) is 10.2. The zero-order valence-corrected chi connectivity index (χ0v) is 25.9. The van der Waals surface area contributed by atoms with Gasteiger partial charge in [-0.2, -0.15) is 13.2 Å². The number of carbonyl (C=O) groups is 2. The number of alkyl halides is 3. The molecule has 0 bridgehead atoms. The maximum atomic E-state index is 14.1. The van der Waals surface area contributed by atoms with E-state index in [1.807, 2.05) is 6.07 Å². The summed E-state index contributed by atoms with van der Waals surface area (Å²) >= 11 is 0. The van der Waals surface area contributed by atoms with Gasteiger partial charge in [0.2, 0.25) is 5.95 Å². The van der Waals surface area contributed by atoms with Crippen LogP contribution < -0.4 is 15.4 Å². The molecule has 1 aliphatic carbocycles. The molecule has 10 nitrogen and oxygen atoms in total. The van der Waals surface area contributed by atoms with Gasteiger partial charge in [0, 0.05) is 56.5 Å². The Bertz CT molecular complexity index is 1710. The zero-order valence-electron chi connectivity index (χ0n) is 25.9. The SMILES string of the molecule is COc1cc(C(=O)NC2CCN3CCN(C)C3C2)ccc1Nc1ncc(C(F)(F)F)c(Cc2cccc3c2C(=O)N(C)C32CC2)n1. The minimum absolute atomic E-state index is 0.0495. The van der Waals surface area contributed by atoms with Crippen LogP contribution in [-0.2, 0) is 18.1 Å². The van der Waals surface area contributed by atoms with Crippen molar-refractivity contribution in [1.82, 2.24) is 30.0 Å². The smallest absolute Gasteiger partial charge is 0.419 e. The van der Waals surface area contributed by atoms with E-state index in [4.69, 9.17) is 4.74 Å². The van der Waals surface area contributed by atoms with Crippen LogP contribution in [0, 0.1) is 0 Å². The van der Waals surface area contributed by atoms with Gasteiger partial charge in [0.15, 0.2) is 0 Å². The highest BCUT2D eigenvalue weighted by Crippen LogP contribution is 2.56. The quantitative estimate of drug-likeness (QED) is 0.395. The second-order valence-electron chi connectivity index (χ2n) is 12.7. The highest BCUT2D eigenvalue weighted by molar-refractivity contribution is 6.02. The van der Waals surface area contributed by atoms with Gasteiger partial charge in [-0.15, -0.1) is 0 Å². The Labute approximate surface area is 264 Å². The number of methoxy groups -OCH3 is 1. The van der Waals surface area contributed by atoms with Crippen molar-refractivity contribution in [1.29, 1.82) is 0 Å². The molecular weight excluding hydrogens is 599 g/mol. The molecule has 1 spiro atoms. The zero-order chi connectivity index (χ0) is 32.4. The Morgan fingerprint density at radius 3 is 2.67 bits per heavy atom. The molecule has 4 aliphatic rings. The summed E-state index contributed by atoms with van der Waals surface area (Å²) in [5.74, 6) is -0.164. The molecule has 2 unspecified atom stereocenters. The average Bonchev–Trinajstić information content (AvgIpc) is 3.72. The van der Waals surface area contributed by atoms with E-state index in [1.165, 1.54) is 7.11 Å². The number of aromatic nitrogens is 2. The Balaban J connectivity index is 1.12. The van der Waals surface area contributed by atoms with Gasteiger partial charge in [0.25, 0.3) is 11.8 Å². The molecule has 4 heterocycles. The normalized spacial score (nSPS) is 22.1. The molecule has 242 valence electrons. The summed E-state index contributed by atoms with van der Waals surface area (Å²) in [7, 11) is 5.29. The van der Waals surface area contributed by atoms with Gasteiger partial charge in [-0.3, -0.25) is 19.4 Å². The minimum Gasteiger partial charge on any atom is -0.495 e. The van der Waals surface area contributed by atoms with Gasteiger partial charge < -0.3 is 20.3 Å². The number of rotatable bonds is 7. The standard InChI is InChI=1S/C33H36F3N7O3/c1-41-13-14-43-12-9-21(17-27(41)43)38-29(44)20-7-8-24(26(16-20)46-3)39-31-37-18-23(33(34,35)36)25(40-31)15-19-5-4-6-22-28(19)30(45)42(2)32(22)10-11-32/h4-8,16,18,21,27H,9-15,17H2,1-3H3,(H,38,44)(H,37,39,40). The fraction of sp³-hybridized carbons (Fsp3) is 0.455. The van der Waals surface area contributed by atoms with Crippen molar-refractivity contribution < 1.29 is 27.5 Å². The predicted octanol–water partition coefficient (Wildman–Crippen LogP) is 4.38. The van der Waals surface area contributed by atoms with Crippen LogP contribution in [0.5, 0.6) is 5.75 Å². The fourth-order valence-electron chi connectivity index (χ4n) is 7.29. The van der Waals surface area contributed by atoms with E-state index in [0.717, 1.165) is 57.1 Å². The first-order chi connectivity index (χ1) is 22.0. The molecule has 3 aliphatic heterocycles. The maximum absolute atomic E-state index is 14.1. The van der Waals surface area contributed by atoms with Crippen molar-refractivity contribution in [3.05, 3.63) is 76.1 Å². The summed E-state index contributed by atoms with van der Waals surface area (Å²) in [6.07, 6.45) is -0.416. The van der Waals surface area contributed by atoms with Crippen LogP contribution in [0.2, 0.25) is 0 Å². The number of halogens is 3. The number of fused-ring (bicyclic) bond motifs is 3. The van der Waals surface area contributed by atoms with Crippen LogP contribution >= 0.6 is 0 Å². The van der Waals surface area contributed by atoms with E-state index in [9.17, 15) is 22.8 Å². The number of hydrogen-bond donors (Lipinski definition) is 2. The Morgan fingerprint density at radius 2 is 1.93 bits per heavy atom. The summed E-state index contributed by atoms with van der Waals surface area (Å²) in [5, 5.41) is 6.11. The molecule has 1 saturated carbocycles. The third-order valence-electron chi connectivity index (χ3n) is 10.0. The van der Waals surface area contributed by atoms with Crippen LogP contribution in [0.15, 0.2) is 42.6 Å². The number of nitrogens with one attached hydrogen (secondary N) is 2. The lowest BCUT2D eigenvalue weighted by atomic mass is 9.94. The Morgan fingerprint density at radius 1 is 1.13 bits per heavy atom. The van der Waals surface area contributed by atoms with Crippen molar-refractivity contribution in [2.45, 2.75) is 56.0 Å². The highest BCUT2D eigenvalue weighted by Gasteiger charge is 2.56. The summed E-state index contributed by atoms with van der Waals surface area (Å²) in [4.78, 5) is 41.0. The largest absolute Gasteiger partial charge is 0.495 e. The highest BCUT2D eigenvalue weighted by atomic mass is 19.4. The third-order valence-corrected chi connectivity index (χ3v) is 10.0. The number of carbonyl (C=O) groups excluding carboxylic acids is 2. The molecule has 13 heteroatoms. The lowest BCUT2D eigenvalue weighted by molar-refractivity contribution is -0.138. The molecule has 3 fully saturated rings. The van der Waals surface area contributed by atoms with Gasteiger partial charge in [-0.25, -0.2) is 9.97 Å². The van der Waals surface area contributed by atoms with E-state index in [2.05, 4.69) is 37.4 Å². The number of piperidine rings is 1. The summed E-state index contributed by atoms with van der Waals surface area (Å²) in [6.45, 7) is 3.00. The molecule has 7 rings (SSSR count). The van der Waals surface area contributed by atoms with Crippen LogP contribution in [-0.4, -0.2) is 89.5 Å². The molecular formula is C33H36F3N7O3. The maximum Gasteiger partial charge on any atom is 0.419 e. The third kappa shape index (κ3) is 5.24. The molecule has 0 radical (unpaired) electrons. The van der Waals surface area contributed by atoms with Crippen molar-refractivity contribution in [2.75, 3.05) is 46.2 Å². The molecule has 2 saturated heterocycles. The number of benzene rings is 2. The average molecular weight is 636 g/mol. The summed E-state index contributed by atoms with van der Waals surface area (Å²) in [5.41, 5.74) is 1.04. The molecule has 2 aromatic carbocycles. The first-order valence-corrected chi connectivity index (χ1v) is 15.5. The number of amides is 2. The van der Waals surface area contributed by atoms with E-state index < -0.39 is 11.7 Å². The van der Waals surface area contributed by atoms with Crippen LogP contribution in [0.1, 0.15) is 68.8 Å². The van der Waals surface area contributed by atoms with Gasteiger partial charge in [-0.1, -0.05) is 18.2 Å². The first-order valence-electron chi connectivity index (χ1n) is 15.5. The number of likely N-dealkylation sites (N-methyl/N-ethyl adjacent to an activating group) is 1. The van der Waals surface area contributed by atoms with Crippen molar-refractivity contribution in [3.63, 3.8) is 0 Å². The second-order valence-corrected chi connectivity index (χ2v) is 12.7. The van der Waals surface area contributed by atoms with Crippen LogP contribution in [0.25, 0.3) is 0 Å². The summed E-state index contributed by atoms with van der Waals surface area (Å²) < 4.78 is 47.9. The van der Waals surface area contributed by atoms with E-state index in [0.29, 0.717) is 34.3 Å². The van der Waals surface area contributed by atoms with Gasteiger partial charge in [0.05, 0.1) is 35.8 Å². The monoisotopic (exact) mass is 635 g/mol. The van der Waals surface area contributed by atoms with Gasteiger partial charge in [0.1, 0.15) is 5.75 Å². The topological polar surface area (TPSA) is 103 Å². The van der Waals surface area contributed by atoms with E-state index >= 15 is 0 Å².